The number of nitrogens with zero attached hydrogens (tertiary/aromatic N) is 1. The van der Waals surface area contributed by atoms with E-state index >= 15 is 0 Å². The molecule has 1 aromatic carbocycles. The molecule has 1 saturated heterocycles. The van der Waals surface area contributed by atoms with Gasteiger partial charge >= 0.3 is 5.63 Å². The Bertz CT molecular complexity index is 803. The van der Waals surface area contributed by atoms with Crippen LogP contribution in [0.3, 0.4) is 0 Å². The molecule has 1 atom stereocenters. The van der Waals surface area contributed by atoms with E-state index in [-0.39, 0.29) is 11.5 Å². The molecule has 5 nitrogen and oxygen atoms in total. The smallest absolute Gasteiger partial charge is 0.336 e. The maximum absolute atomic E-state index is 12.5. The molecule has 128 valence electrons. The zero-order valence-corrected chi connectivity index (χ0v) is 14.4. The van der Waals surface area contributed by atoms with Crippen LogP contribution in [-0.2, 0) is 4.79 Å². The first-order chi connectivity index (χ1) is 11.4. The van der Waals surface area contributed by atoms with Crippen LogP contribution < -0.4 is 10.4 Å². The molecule has 1 amide bonds. The highest BCUT2D eigenvalue weighted by molar-refractivity contribution is 5.82. The number of hydrogen-bond acceptors (Lipinski definition) is 4. The Morgan fingerprint density at radius 1 is 1.29 bits per heavy atom. The summed E-state index contributed by atoms with van der Waals surface area (Å²) in [4.78, 5) is 25.9. The van der Waals surface area contributed by atoms with Crippen molar-refractivity contribution in [1.29, 1.82) is 0 Å². The summed E-state index contributed by atoms with van der Waals surface area (Å²) in [6.07, 6.45) is 1.52. The Morgan fingerprint density at radius 3 is 2.71 bits per heavy atom. The number of carbonyl (C=O) groups is 1. The third-order valence-corrected chi connectivity index (χ3v) is 4.68. The van der Waals surface area contributed by atoms with E-state index in [9.17, 15) is 9.59 Å². The molecule has 2 aromatic rings. The quantitative estimate of drug-likeness (QED) is 0.812. The minimum absolute atomic E-state index is 0.00712. The maximum atomic E-state index is 12.5. The van der Waals surface area contributed by atoms with Crippen molar-refractivity contribution in [3.05, 3.63) is 40.2 Å². The Hall–Kier alpha value is -2.30. The first-order valence-corrected chi connectivity index (χ1v) is 8.44. The lowest BCUT2D eigenvalue weighted by Crippen LogP contribution is -2.44. The monoisotopic (exact) mass is 329 g/mol. The second kappa shape index (κ2) is 6.67. The number of rotatable bonds is 3. The van der Waals surface area contributed by atoms with Gasteiger partial charge in [0.1, 0.15) is 11.3 Å². The molecule has 3 rings (SSSR count). The Kier molecular flexibility index (Phi) is 4.60. The van der Waals surface area contributed by atoms with Crippen molar-refractivity contribution in [3.63, 3.8) is 0 Å². The van der Waals surface area contributed by atoms with Crippen LogP contribution in [0.5, 0.6) is 5.75 Å². The number of amides is 1. The lowest BCUT2D eigenvalue weighted by molar-refractivity contribution is -0.139. The summed E-state index contributed by atoms with van der Waals surface area (Å²) < 4.78 is 11.0. The SMILES string of the molecule is Cc1cc(=O)oc2cc(O[C@@H](C)C(=O)N3CCC(C)CC3)ccc12. The van der Waals surface area contributed by atoms with Crippen LogP contribution >= 0.6 is 0 Å². The Morgan fingerprint density at radius 2 is 2.00 bits per heavy atom. The first kappa shape index (κ1) is 16.6. The van der Waals surface area contributed by atoms with Crippen LogP contribution in [0.4, 0.5) is 0 Å². The van der Waals surface area contributed by atoms with Crippen molar-refractivity contribution in [3.8, 4) is 5.75 Å². The van der Waals surface area contributed by atoms with Crippen molar-refractivity contribution in [2.75, 3.05) is 13.1 Å². The van der Waals surface area contributed by atoms with Gasteiger partial charge < -0.3 is 14.1 Å². The average molecular weight is 329 g/mol. The molecule has 0 N–H and O–H groups in total. The van der Waals surface area contributed by atoms with Gasteiger partial charge in [0.25, 0.3) is 5.91 Å². The van der Waals surface area contributed by atoms with Gasteiger partial charge in [0.15, 0.2) is 6.10 Å². The van der Waals surface area contributed by atoms with Gasteiger partial charge in [-0.05, 0) is 50.3 Å². The minimum Gasteiger partial charge on any atom is -0.481 e. The number of fused-ring (bicyclic) bond motifs is 1. The Balaban J connectivity index is 1.74. The fourth-order valence-electron chi connectivity index (χ4n) is 3.12. The van der Waals surface area contributed by atoms with E-state index in [1.165, 1.54) is 6.07 Å². The number of likely N-dealkylation sites (tertiary alicyclic amines) is 1. The van der Waals surface area contributed by atoms with Crippen LogP contribution in [0.2, 0.25) is 0 Å². The van der Waals surface area contributed by atoms with Gasteiger partial charge in [-0.25, -0.2) is 4.79 Å². The average Bonchev–Trinajstić information content (AvgIpc) is 2.54. The van der Waals surface area contributed by atoms with Gasteiger partial charge in [0, 0.05) is 30.6 Å². The van der Waals surface area contributed by atoms with E-state index < -0.39 is 6.10 Å². The molecule has 1 aliphatic heterocycles. The molecular weight excluding hydrogens is 306 g/mol. The molecular formula is C19H23NO4. The van der Waals surface area contributed by atoms with E-state index in [1.54, 1.807) is 19.1 Å². The summed E-state index contributed by atoms with van der Waals surface area (Å²) in [6.45, 7) is 7.42. The normalized spacial score (nSPS) is 17.0. The lowest BCUT2D eigenvalue weighted by atomic mass is 9.99. The number of carbonyl (C=O) groups excluding carboxylic acids is 1. The molecule has 5 heteroatoms. The van der Waals surface area contributed by atoms with E-state index in [4.69, 9.17) is 9.15 Å². The van der Waals surface area contributed by atoms with Crippen molar-refractivity contribution in [2.45, 2.75) is 39.7 Å². The van der Waals surface area contributed by atoms with Crippen LogP contribution in [0.15, 0.2) is 33.5 Å². The zero-order valence-electron chi connectivity index (χ0n) is 14.4. The zero-order chi connectivity index (χ0) is 17.3. The van der Waals surface area contributed by atoms with E-state index in [2.05, 4.69) is 6.92 Å². The number of hydrogen-bond donors (Lipinski definition) is 0. The van der Waals surface area contributed by atoms with Gasteiger partial charge in [-0.15, -0.1) is 0 Å². The molecule has 0 spiro atoms. The number of benzene rings is 1. The second-order valence-corrected chi connectivity index (χ2v) is 6.67. The van der Waals surface area contributed by atoms with E-state index in [1.807, 2.05) is 17.9 Å². The van der Waals surface area contributed by atoms with Gasteiger partial charge in [-0.1, -0.05) is 6.92 Å². The van der Waals surface area contributed by atoms with Crippen LogP contribution in [-0.4, -0.2) is 30.0 Å². The maximum Gasteiger partial charge on any atom is 0.336 e. The summed E-state index contributed by atoms with van der Waals surface area (Å²) in [6, 6.07) is 6.79. The molecule has 1 aromatic heterocycles. The molecule has 0 aliphatic carbocycles. The van der Waals surface area contributed by atoms with Crippen LogP contribution in [0.1, 0.15) is 32.3 Å². The molecule has 1 fully saturated rings. The lowest BCUT2D eigenvalue weighted by Gasteiger charge is -2.32. The summed E-state index contributed by atoms with van der Waals surface area (Å²) in [5.74, 6) is 1.21. The number of piperidine rings is 1. The number of ether oxygens (including phenoxy) is 1. The molecule has 0 radical (unpaired) electrons. The standard InChI is InChI=1S/C19H23NO4/c1-12-6-8-20(9-7-12)19(22)14(3)23-15-4-5-16-13(2)10-18(21)24-17(16)11-15/h4-5,10-12,14H,6-9H2,1-3H3/t14-/m0/s1. The van der Waals surface area contributed by atoms with Crippen molar-refractivity contribution < 1.29 is 13.9 Å². The number of aryl methyl sites for hydroxylation is 1. The van der Waals surface area contributed by atoms with Crippen LogP contribution in [0.25, 0.3) is 11.0 Å². The van der Waals surface area contributed by atoms with E-state index in [0.717, 1.165) is 36.9 Å². The van der Waals surface area contributed by atoms with Crippen molar-refractivity contribution in [1.82, 2.24) is 4.90 Å². The highest BCUT2D eigenvalue weighted by Crippen LogP contribution is 2.24. The molecule has 0 unspecified atom stereocenters. The van der Waals surface area contributed by atoms with Gasteiger partial charge in [-0.3, -0.25) is 4.79 Å². The van der Waals surface area contributed by atoms with Gasteiger partial charge in [0.05, 0.1) is 0 Å². The topological polar surface area (TPSA) is 59.8 Å². The molecule has 0 bridgehead atoms. The summed E-state index contributed by atoms with van der Waals surface area (Å²) in [5.41, 5.74) is 0.951. The first-order valence-electron chi connectivity index (χ1n) is 8.44. The summed E-state index contributed by atoms with van der Waals surface area (Å²) in [5, 5.41) is 0.867. The van der Waals surface area contributed by atoms with Crippen molar-refractivity contribution >= 4 is 16.9 Å². The fraction of sp³-hybridized carbons (Fsp3) is 0.474. The molecule has 24 heavy (non-hydrogen) atoms. The third-order valence-electron chi connectivity index (χ3n) is 4.68. The molecule has 0 saturated carbocycles. The highest BCUT2D eigenvalue weighted by Gasteiger charge is 2.25. The van der Waals surface area contributed by atoms with Gasteiger partial charge in [-0.2, -0.15) is 0 Å². The summed E-state index contributed by atoms with van der Waals surface area (Å²) in [7, 11) is 0. The highest BCUT2D eigenvalue weighted by atomic mass is 16.5. The van der Waals surface area contributed by atoms with Crippen LogP contribution in [0, 0.1) is 12.8 Å². The molecule has 1 aliphatic rings. The third kappa shape index (κ3) is 3.45. The second-order valence-electron chi connectivity index (χ2n) is 6.67. The minimum atomic E-state index is -0.563. The van der Waals surface area contributed by atoms with E-state index in [0.29, 0.717) is 17.3 Å². The van der Waals surface area contributed by atoms with Crippen molar-refractivity contribution in [2.24, 2.45) is 5.92 Å². The van der Waals surface area contributed by atoms with Gasteiger partial charge in [0.2, 0.25) is 0 Å². The Labute approximate surface area is 141 Å². The largest absolute Gasteiger partial charge is 0.481 e. The fourth-order valence-corrected chi connectivity index (χ4v) is 3.12. The predicted octanol–water partition coefficient (Wildman–Crippen LogP) is 3.13. The predicted molar refractivity (Wildman–Crippen MR) is 92.3 cm³/mol. The molecule has 2 heterocycles. The summed E-state index contributed by atoms with van der Waals surface area (Å²) >= 11 is 0.